The van der Waals surface area contributed by atoms with Gasteiger partial charge in [-0.1, -0.05) is 6.07 Å². The van der Waals surface area contributed by atoms with E-state index in [1.54, 1.807) is 42.9 Å². The summed E-state index contributed by atoms with van der Waals surface area (Å²) < 4.78 is -0.0772. The minimum atomic E-state index is -0.239. The van der Waals surface area contributed by atoms with E-state index in [4.69, 9.17) is 10.8 Å². The topological polar surface area (TPSA) is 113 Å². The number of amides is 2. The number of pyridine rings is 1. The first-order valence-corrected chi connectivity index (χ1v) is 11.9. The third kappa shape index (κ3) is 3.69. The maximum absolute atomic E-state index is 12.6. The van der Waals surface area contributed by atoms with Gasteiger partial charge >= 0.3 is 0 Å². The summed E-state index contributed by atoms with van der Waals surface area (Å²) in [7, 11) is 0. The minimum Gasteiger partial charge on any atom is -0.339 e. The van der Waals surface area contributed by atoms with E-state index in [0.29, 0.717) is 36.2 Å². The number of anilines is 1. The normalized spacial score (nSPS) is 27.1. The maximum atomic E-state index is 12.6. The van der Waals surface area contributed by atoms with Crippen LogP contribution in [0.25, 0.3) is 0 Å². The van der Waals surface area contributed by atoms with Crippen molar-refractivity contribution >= 4 is 29.7 Å². The molecule has 3 N–H and O–H groups in total. The van der Waals surface area contributed by atoms with Crippen molar-refractivity contribution in [2.24, 2.45) is 21.7 Å². The van der Waals surface area contributed by atoms with Crippen LogP contribution in [-0.2, 0) is 4.79 Å². The Morgan fingerprint density at radius 2 is 1.97 bits per heavy atom. The second-order valence-corrected chi connectivity index (χ2v) is 9.32. The van der Waals surface area contributed by atoms with Gasteiger partial charge in [-0.2, -0.15) is 10.8 Å². The van der Waals surface area contributed by atoms with E-state index in [2.05, 4.69) is 15.3 Å². The summed E-state index contributed by atoms with van der Waals surface area (Å²) in [5.41, 5.74) is 3.05. The molecule has 0 radical (unpaired) electrons. The predicted octanol–water partition coefficient (Wildman–Crippen LogP) is 2.95. The highest BCUT2D eigenvalue weighted by Gasteiger charge is 2.47. The first-order valence-electron chi connectivity index (χ1n) is 11.9. The molecular weight excluding hydrogens is 442 g/mol. The molecule has 9 nitrogen and oxygen atoms in total. The SMILES string of the molecule is N[N+]12C=CN=CC1=C([C@H]1CC[C@@H]3CCC(=O)N3C1)N=C2c1ccc(C(=O)Nc2ccccn2)cc1. The number of amidine groups is 1. The first kappa shape index (κ1) is 21.6. The van der Waals surface area contributed by atoms with Crippen molar-refractivity contribution in [2.75, 3.05) is 11.9 Å². The minimum absolute atomic E-state index is 0.0772. The lowest BCUT2D eigenvalue weighted by molar-refractivity contribution is -0.750. The molecule has 0 saturated carbocycles. The summed E-state index contributed by atoms with van der Waals surface area (Å²) in [5.74, 6) is 8.15. The van der Waals surface area contributed by atoms with Crippen LogP contribution in [0.3, 0.4) is 0 Å². The molecule has 0 spiro atoms. The zero-order valence-electron chi connectivity index (χ0n) is 19.2. The average molecular weight is 469 g/mol. The number of hydrogen-bond acceptors (Lipinski definition) is 6. The molecule has 0 aliphatic carbocycles. The van der Waals surface area contributed by atoms with Crippen molar-refractivity contribution in [1.82, 2.24) is 9.88 Å². The van der Waals surface area contributed by atoms with Crippen molar-refractivity contribution < 1.29 is 14.2 Å². The molecule has 2 fully saturated rings. The van der Waals surface area contributed by atoms with Crippen LogP contribution in [0.15, 0.2) is 82.4 Å². The van der Waals surface area contributed by atoms with Crippen molar-refractivity contribution in [2.45, 2.75) is 31.7 Å². The molecule has 176 valence electrons. The number of benzene rings is 1. The van der Waals surface area contributed by atoms with Crippen LogP contribution in [0.2, 0.25) is 0 Å². The highest BCUT2D eigenvalue weighted by atomic mass is 16.2. The number of quaternary nitrogens is 1. The summed E-state index contributed by atoms with van der Waals surface area (Å²) >= 11 is 0. The van der Waals surface area contributed by atoms with E-state index in [1.165, 1.54) is 0 Å². The van der Waals surface area contributed by atoms with Crippen molar-refractivity contribution in [3.05, 3.63) is 83.6 Å². The molecule has 9 heteroatoms. The fourth-order valence-electron chi connectivity index (χ4n) is 5.39. The summed E-state index contributed by atoms with van der Waals surface area (Å²) in [5, 5.41) is 2.79. The Bertz CT molecular complexity index is 1310. The van der Waals surface area contributed by atoms with Gasteiger partial charge in [0.25, 0.3) is 11.7 Å². The molecule has 3 atom stereocenters. The average Bonchev–Trinajstić information content (AvgIpc) is 3.41. The Morgan fingerprint density at radius 1 is 1.11 bits per heavy atom. The van der Waals surface area contributed by atoms with Gasteiger partial charge in [0.2, 0.25) is 11.6 Å². The second kappa shape index (κ2) is 8.37. The summed E-state index contributed by atoms with van der Waals surface area (Å²) in [4.78, 5) is 40.5. The molecule has 4 aliphatic heterocycles. The fraction of sp³-hybridized carbons (Fsp3) is 0.269. The van der Waals surface area contributed by atoms with Crippen LogP contribution in [0, 0.1) is 5.92 Å². The van der Waals surface area contributed by atoms with Gasteiger partial charge in [-0.25, -0.2) is 4.98 Å². The van der Waals surface area contributed by atoms with Crippen molar-refractivity contribution in [3.63, 3.8) is 0 Å². The monoisotopic (exact) mass is 468 g/mol. The van der Waals surface area contributed by atoms with Gasteiger partial charge < -0.3 is 10.2 Å². The van der Waals surface area contributed by atoms with Crippen LogP contribution < -0.4 is 11.2 Å². The molecule has 5 heterocycles. The molecule has 2 aromatic rings. The maximum Gasteiger partial charge on any atom is 0.264 e. The number of carbonyl (C=O) groups excluding carboxylic acids is 2. The third-order valence-electron chi connectivity index (χ3n) is 7.24. The lowest BCUT2D eigenvalue weighted by Crippen LogP contribution is -2.53. The quantitative estimate of drug-likeness (QED) is 0.531. The molecule has 2 amide bonds. The lowest BCUT2D eigenvalue weighted by Gasteiger charge is -2.35. The van der Waals surface area contributed by atoms with Crippen LogP contribution in [0.5, 0.6) is 0 Å². The van der Waals surface area contributed by atoms with Crippen LogP contribution in [0.1, 0.15) is 41.6 Å². The van der Waals surface area contributed by atoms with Gasteiger partial charge in [-0.15, -0.1) is 4.59 Å². The Kier molecular flexibility index (Phi) is 5.16. The Morgan fingerprint density at radius 3 is 2.77 bits per heavy atom. The number of hydrogen-bond donors (Lipinski definition) is 2. The summed E-state index contributed by atoms with van der Waals surface area (Å²) in [6.07, 6.45) is 10.4. The van der Waals surface area contributed by atoms with Gasteiger partial charge in [0.05, 0.1) is 18.0 Å². The van der Waals surface area contributed by atoms with E-state index in [1.807, 2.05) is 29.3 Å². The number of aromatic nitrogens is 1. The van der Waals surface area contributed by atoms with Crippen LogP contribution in [0.4, 0.5) is 5.82 Å². The summed E-state index contributed by atoms with van der Waals surface area (Å²) in [6.45, 7) is 0.670. The standard InChI is InChI=1S/C26H25N7O2/c27-33-14-13-28-15-21(33)24(19-8-9-20-10-11-23(34)32(20)16-19)31-25(33)17-4-6-18(7-5-17)26(35)30-22-3-1-2-12-29-22/h1-7,12-15,19-20H,8-11,16,27H2/p+1/t19-,20+,33?/m0/s1. The Balaban J connectivity index is 1.28. The number of piperidine rings is 1. The zero-order chi connectivity index (χ0) is 24.0. The van der Waals surface area contributed by atoms with Gasteiger partial charge in [0.15, 0.2) is 0 Å². The highest BCUT2D eigenvalue weighted by Crippen LogP contribution is 2.40. The third-order valence-corrected chi connectivity index (χ3v) is 7.24. The number of carbonyl (C=O) groups is 2. The van der Waals surface area contributed by atoms with Crippen molar-refractivity contribution in [1.29, 1.82) is 0 Å². The molecule has 0 bridgehead atoms. The van der Waals surface area contributed by atoms with Crippen LogP contribution in [-0.4, -0.2) is 50.9 Å². The second-order valence-electron chi connectivity index (χ2n) is 9.32. The smallest absolute Gasteiger partial charge is 0.264 e. The van der Waals surface area contributed by atoms with E-state index in [-0.39, 0.29) is 22.3 Å². The molecule has 35 heavy (non-hydrogen) atoms. The van der Waals surface area contributed by atoms with E-state index < -0.39 is 0 Å². The number of allylic oxidation sites excluding steroid dienone is 1. The molecule has 1 aromatic carbocycles. The van der Waals surface area contributed by atoms with Gasteiger partial charge in [-0.05, 0) is 55.7 Å². The van der Waals surface area contributed by atoms with Gasteiger partial charge in [-0.3, -0.25) is 14.6 Å². The first-order chi connectivity index (χ1) is 17.0. The van der Waals surface area contributed by atoms with Gasteiger partial charge in [0.1, 0.15) is 17.7 Å². The van der Waals surface area contributed by atoms with Gasteiger partial charge in [0, 0.05) is 36.7 Å². The fourth-order valence-corrected chi connectivity index (χ4v) is 5.39. The highest BCUT2D eigenvalue weighted by molar-refractivity contribution is 6.05. The van der Waals surface area contributed by atoms with Crippen LogP contribution >= 0.6 is 0 Å². The number of fused-ring (bicyclic) bond motifs is 2. The van der Waals surface area contributed by atoms with Crippen molar-refractivity contribution in [3.8, 4) is 0 Å². The molecular formula is C26H26N7O2+. The number of aliphatic imine (C=N–C) groups is 2. The zero-order valence-corrected chi connectivity index (χ0v) is 19.2. The molecule has 1 aromatic heterocycles. The Labute approximate surface area is 202 Å². The number of nitrogens with two attached hydrogens (primary N) is 1. The molecule has 1 unspecified atom stereocenters. The predicted molar refractivity (Wildman–Crippen MR) is 132 cm³/mol. The lowest BCUT2D eigenvalue weighted by atomic mass is 9.90. The summed E-state index contributed by atoms with van der Waals surface area (Å²) in [6, 6.07) is 13.0. The molecule has 6 rings (SSSR count). The molecule has 2 saturated heterocycles. The Hall–Kier alpha value is -3.95. The van der Waals surface area contributed by atoms with E-state index in [9.17, 15) is 9.59 Å². The largest absolute Gasteiger partial charge is 0.339 e. The number of rotatable bonds is 4. The number of nitrogens with one attached hydrogen (secondary N) is 1. The van der Waals surface area contributed by atoms with E-state index >= 15 is 0 Å². The molecule has 4 aliphatic rings. The van der Waals surface area contributed by atoms with E-state index in [0.717, 1.165) is 36.2 Å². The number of nitrogens with zero attached hydrogens (tertiary/aromatic N) is 5.